The van der Waals surface area contributed by atoms with E-state index in [4.69, 9.17) is 0 Å². The Hall–Kier alpha value is -1.84. The molecule has 1 saturated carbocycles. The van der Waals surface area contributed by atoms with E-state index in [0.29, 0.717) is 42.0 Å². The highest BCUT2D eigenvalue weighted by atomic mass is 16.3. The highest BCUT2D eigenvalue weighted by Gasteiger charge is 2.49. The Kier molecular flexibility index (Phi) is 6.36. The lowest BCUT2D eigenvalue weighted by molar-refractivity contribution is -0.132. The summed E-state index contributed by atoms with van der Waals surface area (Å²) in [5.74, 6) is 0.0919. The van der Waals surface area contributed by atoms with Crippen LogP contribution in [-0.4, -0.2) is 23.2 Å². The molecular formula is C26H39NO3. The van der Waals surface area contributed by atoms with Crippen molar-refractivity contribution in [3.8, 4) is 0 Å². The SMILES string of the molecule is CCC(C)CNC1=CC(=O)C(=O)C(C[C@@]2(C)[C@@H]3CCCC(C)(C)C3=CC[C@@H]2C)=C1O. The first kappa shape index (κ1) is 22.8. The second-order valence-corrected chi connectivity index (χ2v) is 10.8. The largest absolute Gasteiger partial charge is 0.505 e. The molecule has 0 heterocycles. The van der Waals surface area contributed by atoms with Crippen molar-refractivity contribution in [3.05, 3.63) is 34.8 Å². The molecule has 166 valence electrons. The van der Waals surface area contributed by atoms with E-state index in [0.717, 1.165) is 19.3 Å². The number of hydrogen-bond donors (Lipinski definition) is 2. The zero-order valence-electron chi connectivity index (χ0n) is 19.6. The Morgan fingerprint density at radius 1 is 1.27 bits per heavy atom. The number of hydrogen-bond acceptors (Lipinski definition) is 4. The molecule has 3 aliphatic carbocycles. The molecule has 4 heteroatoms. The van der Waals surface area contributed by atoms with Gasteiger partial charge in [0.05, 0.1) is 5.70 Å². The van der Waals surface area contributed by atoms with E-state index in [1.807, 2.05) is 0 Å². The van der Waals surface area contributed by atoms with Crippen molar-refractivity contribution in [2.45, 2.75) is 80.1 Å². The molecule has 0 amide bonds. The summed E-state index contributed by atoms with van der Waals surface area (Å²) in [6.07, 6.45) is 9.62. The van der Waals surface area contributed by atoms with E-state index in [1.54, 1.807) is 0 Å². The number of carbonyl (C=O) groups excluding carboxylic acids is 2. The van der Waals surface area contributed by atoms with E-state index in [1.165, 1.54) is 24.5 Å². The number of ketones is 2. The van der Waals surface area contributed by atoms with Gasteiger partial charge in [-0.15, -0.1) is 0 Å². The van der Waals surface area contributed by atoms with Gasteiger partial charge in [0.2, 0.25) is 11.6 Å². The molecular weight excluding hydrogens is 374 g/mol. The fourth-order valence-electron chi connectivity index (χ4n) is 5.63. The van der Waals surface area contributed by atoms with Crippen molar-refractivity contribution in [2.75, 3.05) is 6.54 Å². The zero-order valence-corrected chi connectivity index (χ0v) is 19.6. The lowest BCUT2D eigenvalue weighted by Gasteiger charge is -2.53. The maximum atomic E-state index is 12.8. The van der Waals surface area contributed by atoms with Crippen LogP contribution in [0.3, 0.4) is 0 Å². The summed E-state index contributed by atoms with van der Waals surface area (Å²) in [5, 5.41) is 14.2. The Balaban J connectivity index is 1.94. The minimum atomic E-state index is -0.541. The number of fused-ring (bicyclic) bond motifs is 1. The van der Waals surface area contributed by atoms with Crippen molar-refractivity contribution in [3.63, 3.8) is 0 Å². The maximum absolute atomic E-state index is 12.8. The van der Waals surface area contributed by atoms with E-state index in [9.17, 15) is 14.7 Å². The number of nitrogens with one attached hydrogen (secondary N) is 1. The average Bonchev–Trinajstić information content (AvgIpc) is 2.69. The van der Waals surface area contributed by atoms with Gasteiger partial charge in [-0.05, 0) is 54.3 Å². The summed E-state index contributed by atoms with van der Waals surface area (Å²) in [7, 11) is 0. The van der Waals surface area contributed by atoms with Crippen LogP contribution in [0.5, 0.6) is 0 Å². The van der Waals surface area contributed by atoms with Crippen LogP contribution in [0.2, 0.25) is 0 Å². The third-order valence-electron chi connectivity index (χ3n) is 8.27. The number of carbonyl (C=O) groups is 2. The van der Waals surface area contributed by atoms with Crippen molar-refractivity contribution in [1.29, 1.82) is 0 Å². The van der Waals surface area contributed by atoms with Gasteiger partial charge in [-0.2, -0.15) is 0 Å². The molecule has 0 aliphatic heterocycles. The number of rotatable bonds is 6. The Morgan fingerprint density at radius 2 is 1.97 bits per heavy atom. The van der Waals surface area contributed by atoms with E-state index in [-0.39, 0.29) is 16.6 Å². The molecule has 0 spiro atoms. The first-order chi connectivity index (χ1) is 14.0. The van der Waals surface area contributed by atoms with Crippen LogP contribution in [0.15, 0.2) is 34.8 Å². The van der Waals surface area contributed by atoms with Gasteiger partial charge in [-0.1, -0.05) is 66.0 Å². The monoisotopic (exact) mass is 413 g/mol. The van der Waals surface area contributed by atoms with Crippen LogP contribution >= 0.6 is 0 Å². The number of allylic oxidation sites excluding steroid dienone is 4. The van der Waals surface area contributed by atoms with Crippen molar-refractivity contribution >= 4 is 11.6 Å². The lowest BCUT2D eigenvalue weighted by Crippen LogP contribution is -2.45. The molecule has 0 radical (unpaired) electrons. The summed E-state index contributed by atoms with van der Waals surface area (Å²) in [4.78, 5) is 25.3. The first-order valence-electron chi connectivity index (χ1n) is 11.7. The third kappa shape index (κ3) is 4.02. The van der Waals surface area contributed by atoms with Gasteiger partial charge >= 0.3 is 0 Å². The number of Topliss-reactive ketones (excluding diaryl/α,β-unsaturated/α-hetero) is 1. The van der Waals surface area contributed by atoms with Gasteiger partial charge in [-0.25, -0.2) is 0 Å². The highest BCUT2D eigenvalue weighted by Crippen LogP contribution is 2.58. The Bertz CT molecular complexity index is 816. The summed E-state index contributed by atoms with van der Waals surface area (Å²) in [6.45, 7) is 14.1. The van der Waals surface area contributed by atoms with Gasteiger partial charge in [-0.3, -0.25) is 9.59 Å². The molecule has 2 N–H and O–H groups in total. The molecule has 30 heavy (non-hydrogen) atoms. The van der Waals surface area contributed by atoms with Gasteiger partial charge in [0, 0.05) is 18.2 Å². The average molecular weight is 414 g/mol. The van der Waals surface area contributed by atoms with E-state index >= 15 is 0 Å². The summed E-state index contributed by atoms with van der Waals surface area (Å²) >= 11 is 0. The molecule has 0 saturated heterocycles. The van der Waals surface area contributed by atoms with E-state index < -0.39 is 11.6 Å². The topological polar surface area (TPSA) is 66.4 Å². The second kappa shape index (κ2) is 8.36. The Labute approximate surface area is 181 Å². The van der Waals surface area contributed by atoms with Crippen LogP contribution < -0.4 is 5.32 Å². The molecule has 1 unspecified atom stereocenters. The Morgan fingerprint density at radius 3 is 2.63 bits per heavy atom. The predicted molar refractivity (Wildman–Crippen MR) is 121 cm³/mol. The summed E-state index contributed by atoms with van der Waals surface area (Å²) < 4.78 is 0. The molecule has 1 fully saturated rings. The minimum Gasteiger partial charge on any atom is -0.505 e. The van der Waals surface area contributed by atoms with Gasteiger partial charge in [0.25, 0.3) is 0 Å². The molecule has 0 bridgehead atoms. The second-order valence-electron chi connectivity index (χ2n) is 10.8. The summed E-state index contributed by atoms with van der Waals surface area (Å²) in [6, 6.07) is 0. The molecule has 4 nitrogen and oxygen atoms in total. The molecule has 3 aliphatic rings. The third-order valence-corrected chi connectivity index (χ3v) is 8.27. The minimum absolute atomic E-state index is 0.0255. The maximum Gasteiger partial charge on any atom is 0.232 e. The van der Waals surface area contributed by atoms with Crippen molar-refractivity contribution < 1.29 is 14.7 Å². The molecule has 0 aromatic carbocycles. The van der Waals surface area contributed by atoms with Gasteiger partial charge in [0.1, 0.15) is 5.76 Å². The van der Waals surface area contributed by atoms with Crippen LogP contribution in [-0.2, 0) is 9.59 Å². The van der Waals surface area contributed by atoms with Crippen molar-refractivity contribution in [1.82, 2.24) is 5.32 Å². The van der Waals surface area contributed by atoms with Crippen LogP contribution in [0.25, 0.3) is 0 Å². The fraction of sp³-hybridized carbons (Fsp3) is 0.692. The van der Waals surface area contributed by atoms with Crippen LogP contribution in [0.1, 0.15) is 80.1 Å². The van der Waals surface area contributed by atoms with Crippen LogP contribution in [0, 0.1) is 28.6 Å². The van der Waals surface area contributed by atoms with Crippen LogP contribution in [0.4, 0.5) is 0 Å². The number of aliphatic hydroxyl groups excluding tert-OH is 1. The number of aliphatic hydroxyl groups is 1. The molecule has 0 aromatic heterocycles. The lowest BCUT2D eigenvalue weighted by atomic mass is 9.51. The quantitative estimate of drug-likeness (QED) is 0.335. The zero-order chi connectivity index (χ0) is 22.3. The smallest absolute Gasteiger partial charge is 0.232 e. The molecule has 3 rings (SSSR count). The highest BCUT2D eigenvalue weighted by molar-refractivity contribution is 6.48. The first-order valence-corrected chi connectivity index (χ1v) is 11.7. The predicted octanol–water partition coefficient (Wildman–Crippen LogP) is 5.66. The normalized spacial score (nSPS) is 32.3. The molecule has 4 atom stereocenters. The van der Waals surface area contributed by atoms with Gasteiger partial charge < -0.3 is 10.4 Å². The van der Waals surface area contributed by atoms with Gasteiger partial charge in [0.15, 0.2) is 0 Å². The fourth-order valence-corrected chi connectivity index (χ4v) is 5.63. The summed E-state index contributed by atoms with van der Waals surface area (Å²) in [5.41, 5.74) is 2.24. The van der Waals surface area contributed by atoms with E-state index in [2.05, 4.69) is 52.9 Å². The van der Waals surface area contributed by atoms with Crippen molar-refractivity contribution in [2.24, 2.45) is 28.6 Å². The standard InChI is InChI=1S/C26H39NO3/c1-7-16(2)15-27-21-13-22(28)24(30)18(23(21)29)14-26(6)17(3)10-11-19-20(26)9-8-12-25(19,4)5/h11,13,16-17,20,27,29H,7-10,12,14-15H2,1-6H3/t16?,17-,20+,26+/m0/s1. The molecule has 0 aromatic rings.